The van der Waals surface area contributed by atoms with Gasteiger partial charge in [0.2, 0.25) is 0 Å². The molecule has 0 saturated heterocycles. The quantitative estimate of drug-likeness (QED) is 0.429. The number of nitrogen functional groups attached to an aromatic ring is 1. The van der Waals surface area contributed by atoms with Crippen molar-refractivity contribution in [1.82, 2.24) is 25.9 Å². The number of aromatic amines is 1. The van der Waals surface area contributed by atoms with Crippen LogP contribution in [0.1, 0.15) is 29.1 Å². The molecule has 2 aromatic rings. The maximum absolute atomic E-state index is 12.1. The van der Waals surface area contributed by atoms with Crippen LogP contribution in [0.2, 0.25) is 5.02 Å². The molecule has 0 aliphatic heterocycles. The first kappa shape index (κ1) is 14.7. The van der Waals surface area contributed by atoms with Crippen molar-refractivity contribution >= 4 is 28.9 Å². The van der Waals surface area contributed by atoms with Crippen molar-refractivity contribution in [2.45, 2.75) is 13.0 Å². The number of hydrogen-bond acceptors (Lipinski definition) is 7. The second-order valence-electron chi connectivity index (χ2n) is 4.11. The van der Waals surface area contributed by atoms with Crippen molar-refractivity contribution in [1.29, 1.82) is 0 Å². The summed E-state index contributed by atoms with van der Waals surface area (Å²) in [6, 6.07) is 1.57. The van der Waals surface area contributed by atoms with Gasteiger partial charge in [-0.15, -0.1) is 10.2 Å². The summed E-state index contributed by atoms with van der Waals surface area (Å²) >= 11 is 5.79. The van der Waals surface area contributed by atoms with E-state index in [1.165, 1.54) is 0 Å². The number of carbonyl (C=O) groups is 1. The molecule has 2 rings (SSSR count). The first-order valence-electron chi connectivity index (χ1n) is 5.67. The van der Waals surface area contributed by atoms with Gasteiger partial charge in [0.05, 0.1) is 27.2 Å². The fraction of sp³-hybridized carbons (Fsp3) is 0.200. The lowest BCUT2D eigenvalue weighted by atomic mass is 10.1. The van der Waals surface area contributed by atoms with Gasteiger partial charge in [-0.1, -0.05) is 16.8 Å². The number of nitrogens with two attached hydrogens (primary N) is 1. The van der Waals surface area contributed by atoms with E-state index in [9.17, 15) is 14.9 Å². The SMILES string of the molecule is CC(NC(=O)c1cc([N+](=O)[O-])cc(Cl)c1N)c1nn[nH]n1. The Bertz CT molecular complexity index is 688. The van der Waals surface area contributed by atoms with E-state index >= 15 is 0 Å². The number of halogens is 1. The minimum Gasteiger partial charge on any atom is -0.397 e. The van der Waals surface area contributed by atoms with E-state index in [1.54, 1.807) is 6.92 Å². The number of anilines is 1. The molecule has 1 atom stereocenters. The molecule has 21 heavy (non-hydrogen) atoms. The molecule has 0 bridgehead atoms. The minimum absolute atomic E-state index is 0.0416. The Morgan fingerprint density at radius 1 is 1.57 bits per heavy atom. The van der Waals surface area contributed by atoms with Gasteiger partial charge in [0.15, 0.2) is 5.82 Å². The number of benzene rings is 1. The third-order valence-electron chi connectivity index (χ3n) is 2.67. The lowest BCUT2D eigenvalue weighted by molar-refractivity contribution is -0.384. The van der Waals surface area contributed by atoms with Crippen LogP contribution in [0.15, 0.2) is 12.1 Å². The van der Waals surface area contributed by atoms with Crippen molar-refractivity contribution in [3.63, 3.8) is 0 Å². The number of rotatable bonds is 4. The molecular weight excluding hydrogens is 302 g/mol. The number of carbonyl (C=O) groups excluding carboxylic acids is 1. The van der Waals surface area contributed by atoms with Crippen LogP contribution < -0.4 is 11.1 Å². The lowest BCUT2D eigenvalue weighted by Crippen LogP contribution is -2.28. The van der Waals surface area contributed by atoms with Crippen molar-refractivity contribution in [3.8, 4) is 0 Å². The summed E-state index contributed by atoms with van der Waals surface area (Å²) in [7, 11) is 0. The zero-order chi connectivity index (χ0) is 15.6. The zero-order valence-electron chi connectivity index (χ0n) is 10.7. The summed E-state index contributed by atoms with van der Waals surface area (Å²) in [6.45, 7) is 1.62. The number of nitrogens with zero attached hydrogens (tertiary/aromatic N) is 4. The van der Waals surface area contributed by atoms with Crippen molar-refractivity contribution in [2.24, 2.45) is 0 Å². The molecule has 0 fully saturated rings. The first-order chi connectivity index (χ1) is 9.90. The molecule has 1 aromatic heterocycles. The number of nitro groups is 1. The Kier molecular flexibility index (Phi) is 3.98. The highest BCUT2D eigenvalue weighted by molar-refractivity contribution is 6.34. The normalized spacial score (nSPS) is 11.9. The smallest absolute Gasteiger partial charge is 0.271 e. The molecule has 0 spiro atoms. The number of nitro benzene ring substituents is 1. The summed E-state index contributed by atoms with van der Waals surface area (Å²) in [5, 5.41) is 26.3. The highest BCUT2D eigenvalue weighted by Gasteiger charge is 2.21. The molecule has 110 valence electrons. The highest BCUT2D eigenvalue weighted by Crippen LogP contribution is 2.29. The fourth-order valence-corrected chi connectivity index (χ4v) is 1.80. The standard InChI is InChI=1S/C10H10ClN7O3/c1-4(9-14-16-17-15-9)13-10(19)6-2-5(18(20)21)3-7(11)8(6)12/h2-4H,12H2,1H3,(H,13,19)(H,14,15,16,17). The third kappa shape index (κ3) is 3.05. The zero-order valence-corrected chi connectivity index (χ0v) is 11.5. The molecule has 11 heteroatoms. The number of nitrogens with one attached hydrogen (secondary N) is 2. The molecule has 0 aliphatic carbocycles. The molecule has 10 nitrogen and oxygen atoms in total. The molecule has 1 unspecified atom stereocenters. The molecule has 1 amide bonds. The Hall–Kier alpha value is -2.75. The molecule has 0 radical (unpaired) electrons. The number of non-ortho nitro benzene ring substituents is 1. The van der Waals surface area contributed by atoms with Crippen LogP contribution >= 0.6 is 11.6 Å². The molecule has 1 heterocycles. The topological polar surface area (TPSA) is 153 Å². The van der Waals surface area contributed by atoms with Gasteiger partial charge in [0.25, 0.3) is 11.6 Å². The average Bonchev–Trinajstić information content (AvgIpc) is 2.95. The van der Waals surface area contributed by atoms with Crippen molar-refractivity contribution in [2.75, 3.05) is 5.73 Å². The van der Waals surface area contributed by atoms with Gasteiger partial charge in [-0.05, 0) is 6.92 Å². The van der Waals surface area contributed by atoms with E-state index < -0.39 is 16.9 Å². The van der Waals surface area contributed by atoms with Crippen LogP contribution in [0.3, 0.4) is 0 Å². The van der Waals surface area contributed by atoms with Gasteiger partial charge >= 0.3 is 0 Å². The van der Waals surface area contributed by atoms with E-state index in [0.29, 0.717) is 0 Å². The Balaban J connectivity index is 2.28. The van der Waals surface area contributed by atoms with E-state index in [-0.39, 0.29) is 27.8 Å². The van der Waals surface area contributed by atoms with E-state index in [4.69, 9.17) is 17.3 Å². The van der Waals surface area contributed by atoms with Gasteiger partial charge in [-0.2, -0.15) is 5.21 Å². The number of amides is 1. The second kappa shape index (κ2) is 5.71. The number of hydrogen-bond donors (Lipinski definition) is 3. The van der Waals surface area contributed by atoms with Crippen LogP contribution in [0.4, 0.5) is 11.4 Å². The van der Waals surface area contributed by atoms with Gasteiger partial charge < -0.3 is 11.1 Å². The molecule has 0 aliphatic rings. The van der Waals surface area contributed by atoms with Gasteiger partial charge in [0.1, 0.15) is 0 Å². The summed E-state index contributed by atoms with van der Waals surface area (Å²) in [5.41, 5.74) is 5.22. The third-order valence-corrected chi connectivity index (χ3v) is 2.98. The highest BCUT2D eigenvalue weighted by atomic mass is 35.5. The van der Waals surface area contributed by atoms with E-state index in [0.717, 1.165) is 12.1 Å². The largest absolute Gasteiger partial charge is 0.397 e. The predicted molar refractivity (Wildman–Crippen MR) is 72.6 cm³/mol. The number of tetrazole rings is 1. The predicted octanol–water partition coefficient (Wildman–Crippen LogP) is 0.834. The molecular formula is C10H10ClN7O3. The monoisotopic (exact) mass is 311 g/mol. The molecule has 4 N–H and O–H groups in total. The maximum Gasteiger partial charge on any atom is 0.271 e. The Morgan fingerprint density at radius 2 is 2.29 bits per heavy atom. The van der Waals surface area contributed by atoms with Gasteiger partial charge in [-0.25, -0.2) is 0 Å². The van der Waals surface area contributed by atoms with Gasteiger partial charge in [-0.3, -0.25) is 14.9 Å². The van der Waals surface area contributed by atoms with Crippen LogP contribution in [-0.4, -0.2) is 31.5 Å². The molecule has 0 saturated carbocycles. The summed E-state index contributed by atoms with van der Waals surface area (Å²) < 4.78 is 0. The van der Waals surface area contributed by atoms with Crippen molar-refractivity contribution < 1.29 is 9.72 Å². The summed E-state index contributed by atoms with van der Waals surface area (Å²) in [6.07, 6.45) is 0. The first-order valence-corrected chi connectivity index (χ1v) is 6.05. The lowest BCUT2D eigenvalue weighted by Gasteiger charge is -2.12. The number of H-pyrrole nitrogens is 1. The Morgan fingerprint density at radius 3 is 2.86 bits per heavy atom. The van der Waals surface area contributed by atoms with Crippen LogP contribution in [-0.2, 0) is 0 Å². The van der Waals surface area contributed by atoms with E-state index in [1.807, 2.05) is 0 Å². The van der Waals surface area contributed by atoms with Crippen LogP contribution in [0, 0.1) is 10.1 Å². The maximum atomic E-state index is 12.1. The van der Waals surface area contributed by atoms with Crippen LogP contribution in [0.5, 0.6) is 0 Å². The minimum atomic E-state index is -0.662. The summed E-state index contributed by atoms with van der Waals surface area (Å²) in [5.74, 6) is -0.367. The average molecular weight is 312 g/mol. The van der Waals surface area contributed by atoms with E-state index in [2.05, 4.69) is 25.9 Å². The van der Waals surface area contributed by atoms with Gasteiger partial charge in [0, 0.05) is 12.1 Å². The summed E-state index contributed by atoms with van der Waals surface area (Å²) in [4.78, 5) is 22.3. The second-order valence-corrected chi connectivity index (χ2v) is 4.52. The number of aromatic nitrogens is 4. The van der Waals surface area contributed by atoms with Crippen molar-refractivity contribution in [3.05, 3.63) is 38.7 Å². The fourth-order valence-electron chi connectivity index (χ4n) is 1.59. The Labute approximate surface area is 122 Å². The van der Waals surface area contributed by atoms with Crippen LogP contribution in [0.25, 0.3) is 0 Å². The molecule has 1 aromatic carbocycles.